The Kier molecular flexibility index (Phi) is 3.83. The summed E-state index contributed by atoms with van der Waals surface area (Å²) >= 11 is 0. The highest BCUT2D eigenvalue weighted by atomic mass is 16.7. The van der Waals surface area contributed by atoms with E-state index in [1.807, 2.05) is 13.8 Å². The van der Waals surface area contributed by atoms with Crippen LogP contribution in [0.2, 0.25) is 0 Å². The molecule has 0 aliphatic carbocycles. The molecule has 4 rings (SSSR count). The molecule has 3 aromatic rings. The summed E-state index contributed by atoms with van der Waals surface area (Å²) in [6.45, 7) is 4.01. The molecule has 0 bridgehead atoms. The first-order chi connectivity index (χ1) is 12.5. The molecule has 0 radical (unpaired) electrons. The number of ether oxygens (including phenoxy) is 2. The molecule has 134 valence electrons. The Labute approximate surface area is 149 Å². The highest BCUT2D eigenvalue weighted by molar-refractivity contribution is 5.94. The maximum Gasteiger partial charge on any atom is 0.252 e. The molecular formula is C17H18N6O3. The second kappa shape index (κ2) is 6.17. The van der Waals surface area contributed by atoms with Crippen molar-refractivity contribution in [3.8, 4) is 11.5 Å². The van der Waals surface area contributed by atoms with Crippen molar-refractivity contribution >= 4 is 23.1 Å². The Bertz CT molecular complexity index is 1010. The molecule has 1 aliphatic heterocycles. The number of hydrogen-bond acceptors (Lipinski definition) is 7. The third-order valence-electron chi connectivity index (χ3n) is 4.41. The summed E-state index contributed by atoms with van der Waals surface area (Å²) in [4.78, 5) is 20.9. The van der Waals surface area contributed by atoms with Gasteiger partial charge in [-0.25, -0.2) is 9.50 Å². The van der Waals surface area contributed by atoms with Crippen molar-refractivity contribution in [2.24, 2.45) is 0 Å². The van der Waals surface area contributed by atoms with Gasteiger partial charge < -0.3 is 20.5 Å². The fourth-order valence-corrected chi connectivity index (χ4v) is 3.03. The standard InChI is InChI=1S/C17H18N6O3/c1-9-11(10(2)23-17(21-9)19-7-20-23)3-4-16(24)22-13-6-15-14(5-12(13)18)25-8-26-15/h5-7H,3-4,8,18H2,1-2H3,(H,22,24). The first-order valence-electron chi connectivity index (χ1n) is 8.17. The predicted octanol–water partition coefficient (Wildman–Crippen LogP) is 1.62. The Morgan fingerprint density at radius 3 is 2.88 bits per heavy atom. The van der Waals surface area contributed by atoms with E-state index in [1.54, 1.807) is 16.6 Å². The summed E-state index contributed by atoms with van der Waals surface area (Å²) in [5.74, 6) is 1.57. The van der Waals surface area contributed by atoms with E-state index in [0.717, 1.165) is 17.0 Å². The Morgan fingerprint density at radius 1 is 1.31 bits per heavy atom. The van der Waals surface area contributed by atoms with E-state index in [4.69, 9.17) is 15.2 Å². The van der Waals surface area contributed by atoms with Crippen molar-refractivity contribution in [1.82, 2.24) is 19.6 Å². The number of nitrogens with zero attached hydrogens (tertiary/aromatic N) is 4. The smallest absolute Gasteiger partial charge is 0.252 e. The lowest BCUT2D eigenvalue weighted by Gasteiger charge is -2.12. The number of rotatable bonds is 4. The van der Waals surface area contributed by atoms with Crippen LogP contribution in [0.3, 0.4) is 0 Å². The van der Waals surface area contributed by atoms with Gasteiger partial charge in [-0.2, -0.15) is 10.1 Å². The number of aromatic nitrogens is 4. The van der Waals surface area contributed by atoms with Gasteiger partial charge in [0, 0.05) is 29.9 Å². The lowest BCUT2D eigenvalue weighted by Crippen LogP contribution is -2.15. The van der Waals surface area contributed by atoms with Crippen molar-refractivity contribution in [3.63, 3.8) is 0 Å². The lowest BCUT2D eigenvalue weighted by atomic mass is 10.1. The van der Waals surface area contributed by atoms with Crippen LogP contribution in [0.15, 0.2) is 18.5 Å². The maximum atomic E-state index is 12.4. The van der Waals surface area contributed by atoms with Crippen LogP contribution >= 0.6 is 0 Å². The normalized spacial score (nSPS) is 12.5. The van der Waals surface area contributed by atoms with Crippen LogP contribution in [0.4, 0.5) is 11.4 Å². The van der Waals surface area contributed by atoms with Crippen LogP contribution in [0.25, 0.3) is 5.78 Å². The molecule has 0 saturated heterocycles. The fourth-order valence-electron chi connectivity index (χ4n) is 3.03. The van der Waals surface area contributed by atoms with E-state index in [-0.39, 0.29) is 19.1 Å². The van der Waals surface area contributed by atoms with Crippen LogP contribution in [0.5, 0.6) is 11.5 Å². The molecule has 9 nitrogen and oxygen atoms in total. The van der Waals surface area contributed by atoms with Crippen LogP contribution in [-0.2, 0) is 11.2 Å². The average molecular weight is 354 g/mol. The summed E-state index contributed by atoms with van der Waals surface area (Å²) in [5, 5.41) is 6.99. The molecule has 3 heterocycles. The second-order valence-electron chi connectivity index (χ2n) is 6.07. The van der Waals surface area contributed by atoms with Gasteiger partial charge in [-0.15, -0.1) is 0 Å². The third-order valence-corrected chi connectivity index (χ3v) is 4.41. The number of fused-ring (bicyclic) bond motifs is 2. The molecule has 1 aliphatic rings. The molecule has 3 N–H and O–H groups in total. The maximum absolute atomic E-state index is 12.4. The average Bonchev–Trinajstić information content (AvgIpc) is 3.23. The topological polar surface area (TPSA) is 117 Å². The summed E-state index contributed by atoms with van der Waals surface area (Å²) in [6.07, 6.45) is 2.29. The van der Waals surface area contributed by atoms with Crippen LogP contribution < -0.4 is 20.5 Å². The minimum Gasteiger partial charge on any atom is -0.454 e. The van der Waals surface area contributed by atoms with Gasteiger partial charge in [-0.05, 0) is 25.8 Å². The summed E-state index contributed by atoms with van der Waals surface area (Å²) in [6, 6.07) is 3.32. The van der Waals surface area contributed by atoms with Gasteiger partial charge in [0.05, 0.1) is 11.4 Å². The number of benzene rings is 1. The van der Waals surface area contributed by atoms with Crippen molar-refractivity contribution in [2.45, 2.75) is 26.7 Å². The molecule has 0 atom stereocenters. The number of carbonyl (C=O) groups is 1. The fraction of sp³-hybridized carbons (Fsp3) is 0.294. The van der Waals surface area contributed by atoms with Gasteiger partial charge >= 0.3 is 0 Å². The quantitative estimate of drug-likeness (QED) is 0.684. The number of nitrogens with two attached hydrogens (primary N) is 1. The lowest BCUT2D eigenvalue weighted by molar-refractivity contribution is -0.116. The van der Waals surface area contributed by atoms with E-state index in [2.05, 4.69) is 20.4 Å². The first kappa shape index (κ1) is 16.1. The highest BCUT2D eigenvalue weighted by Gasteiger charge is 2.18. The molecular weight excluding hydrogens is 336 g/mol. The molecule has 9 heteroatoms. The Hall–Kier alpha value is -3.36. The van der Waals surface area contributed by atoms with Gasteiger partial charge in [0.25, 0.3) is 5.78 Å². The van der Waals surface area contributed by atoms with Gasteiger partial charge in [0.2, 0.25) is 12.7 Å². The Morgan fingerprint density at radius 2 is 2.08 bits per heavy atom. The van der Waals surface area contributed by atoms with Gasteiger partial charge in [-0.1, -0.05) is 0 Å². The molecule has 0 fully saturated rings. The molecule has 26 heavy (non-hydrogen) atoms. The van der Waals surface area contributed by atoms with E-state index in [0.29, 0.717) is 35.1 Å². The molecule has 2 aromatic heterocycles. The molecule has 0 unspecified atom stereocenters. The molecule has 0 spiro atoms. The van der Waals surface area contributed by atoms with Crippen LogP contribution in [0.1, 0.15) is 23.4 Å². The monoisotopic (exact) mass is 354 g/mol. The minimum absolute atomic E-state index is 0.145. The first-order valence-corrected chi connectivity index (χ1v) is 8.17. The zero-order valence-electron chi connectivity index (χ0n) is 14.4. The highest BCUT2D eigenvalue weighted by Crippen LogP contribution is 2.38. The summed E-state index contributed by atoms with van der Waals surface area (Å²) in [5.41, 5.74) is 9.67. The number of amides is 1. The molecule has 0 saturated carbocycles. The third kappa shape index (κ3) is 2.77. The van der Waals surface area contributed by atoms with Crippen LogP contribution in [0, 0.1) is 13.8 Å². The van der Waals surface area contributed by atoms with Crippen molar-refractivity contribution in [1.29, 1.82) is 0 Å². The number of aryl methyl sites for hydroxylation is 2. The SMILES string of the molecule is Cc1nc2ncnn2c(C)c1CCC(=O)Nc1cc2c(cc1N)OCO2. The van der Waals surface area contributed by atoms with Crippen molar-refractivity contribution < 1.29 is 14.3 Å². The van der Waals surface area contributed by atoms with Gasteiger partial charge in [0.1, 0.15) is 6.33 Å². The number of anilines is 2. The van der Waals surface area contributed by atoms with Crippen molar-refractivity contribution in [2.75, 3.05) is 17.8 Å². The van der Waals surface area contributed by atoms with Gasteiger partial charge in [0.15, 0.2) is 11.5 Å². The van der Waals surface area contributed by atoms with Crippen LogP contribution in [-0.4, -0.2) is 32.3 Å². The van der Waals surface area contributed by atoms with E-state index >= 15 is 0 Å². The molecule has 1 aromatic carbocycles. The van der Waals surface area contributed by atoms with E-state index in [1.165, 1.54) is 6.33 Å². The summed E-state index contributed by atoms with van der Waals surface area (Å²) < 4.78 is 12.3. The van der Waals surface area contributed by atoms with E-state index < -0.39 is 0 Å². The summed E-state index contributed by atoms with van der Waals surface area (Å²) in [7, 11) is 0. The zero-order valence-corrected chi connectivity index (χ0v) is 14.4. The van der Waals surface area contributed by atoms with Gasteiger partial charge in [-0.3, -0.25) is 4.79 Å². The number of hydrogen-bond donors (Lipinski definition) is 2. The van der Waals surface area contributed by atoms with E-state index in [9.17, 15) is 4.79 Å². The Balaban J connectivity index is 1.48. The second-order valence-corrected chi connectivity index (χ2v) is 6.07. The number of nitrogens with one attached hydrogen (secondary N) is 1. The number of nitrogen functional groups attached to an aromatic ring is 1. The largest absolute Gasteiger partial charge is 0.454 e. The predicted molar refractivity (Wildman–Crippen MR) is 94.2 cm³/mol. The van der Waals surface area contributed by atoms with Crippen molar-refractivity contribution in [3.05, 3.63) is 35.4 Å². The zero-order chi connectivity index (χ0) is 18.3. The molecule has 1 amide bonds. The minimum atomic E-state index is -0.145. The number of carbonyl (C=O) groups excluding carboxylic acids is 1.